The summed E-state index contributed by atoms with van der Waals surface area (Å²) in [5, 5.41) is 0.518. The second-order valence-corrected chi connectivity index (χ2v) is 9.01. The Bertz CT molecular complexity index is 1200. The van der Waals surface area contributed by atoms with Crippen LogP contribution >= 0.6 is 23.4 Å². The summed E-state index contributed by atoms with van der Waals surface area (Å²) in [6.07, 6.45) is 0. The first-order valence-corrected chi connectivity index (χ1v) is 11.2. The van der Waals surface area contributed by atoms with Crippen molar-refractivity contribution in [1.82, 2.24) is 0 Å². The van der Waals surface area contributed by atoms with Crippen molar-refractivity contribution in [1.29, 1.82) is 0 Å². The number of halogens is 1. The molecule has 3 aromatic carbocycles. The van der Waals surface area contributed by atoms with Crippen molar-refractivity contribution in [2.75, 3.05) is 22.7 Å². The average Bonchev–Trinajstić information content (AvgIpc) is 3.25. The number of anilines is 2. The number of carbonyl (C=O) groups excluding carboxylic acids is 2. The van der Waals surface area contributed by atoms with Crippen molar-refractivity contribution in [3.63, 3.8) is 0 Å². The summed E-state index contributed by atoms with van der Waals surface area (Å²) in [5.41, 5.74) is 3.19. The molecule has 156 valence electrons. The van der Waals surface area contributed by atoms with Gasteiger partial charge in [-0.05, 0) is 42.0 Å². The van der Waals surface area contributed by atoms with Gasteiger partial charge in [0, 0.05) is 16.3 Å². The van der Waals surface area contributed by atoms with Crippen molar-refractivity contribution in [2.45, 2.75) is 11.4 Å². The highest BCUT2D eigenvalue weighted by atomic mass is 35.5. The third-order valence-electron chi connectivity index (χ3n) is 5.61. The molecule has 0 saturated carbocycles. The van der Waals surface area contributed by atoms with Crippen LogP contribution < -0.4 is 14.5 Å². The fraction of sp³-hybridized carbons (Fsp3) is 0.167. The van der Waals surface area contributed by atoms with E-state index >= 15 is 0 Å². The predicted molar refractivity (Wildman–Crippen MR) is 124 cm³/mol. The first kappa shape index (κ1) is 20.0. The van der Waals surface area contributed by atoms with Crippen molar-refractivity contribution in [3.05, 3.63) is 88.9 Å². The number of nitrogens with zero attached hydrogens (tertiary/aromatic N) is 2. The Kier molecular flexibility index (Phi) is 4.91. The second-order valence-electron chi connectivity index (χ2n) is 7.40. The third-order valence-corrected chi connectivity index (χ3v) is 7.23. The molecule has 0 aromatic heterocycles. The molecule has 2 heterocycles. The lowest BCUT2D eigenvalue weighted by molar-refractivity contribution is -0.123. The molecule has 1 spiro atoms. The van der Waals surface area contributed by atoms with Gasteiger partial charge in [0.1, 0.15) is 5.75 Å². The summed E-state index contributed by atoms with van der Waals surface area (Å²) in [5.74, 6) is 0.712. The molecule has 7 heteroatoms. The van der Waals surface area contributed by atoms with Crippen LogP contribution in [0.25, 0.3) is 0 Å². The van der Waals surface area contributed by atoms with Gasteiger partial charge in [-0.2, -0.15) is 0 Å². The van der Waals surface area contributed by atoms with E-state index in [1.165, 1.54) is 11.8 Å². The van der Waals surface area contributed by atoms with Crippen LogP contribution in [0.4, 0.5) is 11.4 Å². The topological polar surface area (TPSA) is 49.9 Å². The Balaban J connectivity index is 1.63. The molecular formula is C24H19ClN2O3S. The zero-order valence-electron chi connectivity index (χ0n) is 16.7. The first-order valence-electron chi connectivity index (χ1n) is 9.81. The smallest absolute Gasteiger partial charge is 0.269 e. The average molecular weight is 451 g/mol. The number of ether oxygens (including phenoxy) is 1. The number of amides is 2. The normalized spacial score (nSPS) is 19.9. The molecule has 2 aliphatic rings. The van der Waals surface area contributed by atoms with Gasteiger partial charge >= 0.3 is 0 Å². The Labute approximate surface area is 189 Å². The number of fused-ring (bicyclic) bond motifs is 2. The molecule has 0 aliphatic carbocycles. The molecule has 0 bridgehead atoms. The molecule has 2 amide bonds. The van der Waals surface area contributed by atoms with Gasteiger partial charge in [0.15, 0.2) is 0 Å². The van der Waals surface area contributed by atoms with Gasteiger partial charge in [0.2, 0.25) is 10.8 Å². The minimum atomic E-state index is -1.14. The Morgan fingerprint density at radius 2 is 1.84 bits per heavy atom. The molecule has 2 aliphatic heterocycles. The van der Waals surface area contributed by atoms with Gasteiger partial charge in [-0.1, -0.05) is 48.0 Å². The maximum absolute atomic E-state index is 14.0. The highest BCUT2D eigenvalue weighted by Gasteiger charge is 2.60. The van der Waals surface area contributed by atoms with E-state index in [1.54, 1.807) is 35.1 Å². The highest BCUT2D eigenvalue weighted by molar-refractivity contribution is 8.02. The van der Waals surface area contributed by atoms with E-state index in [0.717, 1.165) is 22.6 Å². The predicted octanol–water partition coefficient (Wildman–Crippen LogP) is 4.83. The SMILES string of the molecule is COc1cccc(CN2C(=O)[C@]3(SCC(=O)N3c3cccc(Cl)c3)c3ccccc32)c1. The van der Waals surface area contributed by atoms with Crippen molar-refractivity contribution in [3.8, 4) is 5.75 Å². The van der Waals surface area contributed by atoms with Crippen LogP contribution in [0.1, 0.15) is 11.1 Å². The lowest BCUT2D eigenvalue weighted by Gasteiger charge is -2.33. The zero-order chi connectivity index (χ0) is 21.6. The summed E-state index contributed by atoms with van der Waals surface area (Å²) in [6.45, 7) is 0.382. The molecule has 3 aromatic rings. The number of hydrogen-bond donors (Lipinski definition) is 0. The summed E-state index contributed by atoms with van der Waals surface area (Å²) >= 11 is 7.57. The van der Waals surface area contributed by atoms with Crippen molar-refractivity contribution in [2.24, 2.45) is 0 Å². The molecule has 5 rings (SSSR count). The number of hydrogen-bond acceptors (Lipinski definition) is 4. The Morgan fingerprint density at radius 1 is 1.03 bits per heavy atom. The molecule has 0 N–H and O–H groups in total. The Hall–Kier alpha value is -2.96. The minimum absolute atomic E-state index is 0.112. The van der Waals surface area contributed by atoms with Gasteiger partial charge in [-0.15, -0.1) is 11.8 Å². The van der Waals surface area contributed by atoms with E-state index in [2.05, 4.69) is 0 Å². The van der Waals surface area contributed by atoms with E-state index in [1.807, 2.05) is 54.6 Å². The van der Waals surface area contributed by atoms with Crippen LogP contribution in [-0.2, 0) is 21.0 Å². The first-order chi connectivity index (χ1) is 15.0. The highest BCUT2D eigenvalue weighted by Crippen LogP contribution is 2.56. The molecule has 0 radical (unpaired) electrons. The van der Waals surface area contributed by atoms with E-state index in [4.69, 9.17) is 16.3 Å². The van der Waals surface area contributed by atoms with Crippen LogP contribution in [0.5, 0.6) is 5.75 Å². The number of carbonyl (C=O) groups is 2. The maximum atomic E-state index is 14.0. The van der Waals surface area contributed by atoms with E-state index in [9.17, 15) is 9.59 Å². The van der Waals surface area contributed by atoms with Gasteiger partial charge < -0.3 is 9.64 Å². The minimum Gasteiger partial charge on any atom is -0.497 e. The molecule has 31 heavy (non-hydrogen) atoms. The fourth-order valence-electron chi connectivity index (χ4n) is 4.28. The Morgan fingerprint density at radius 3 is 2.65 bits per heavy atom. The van der Waals surface area contributed by atoms with Crippen LogP contribution in [0.3, 0.4) is 0 Å². The molecule has 5 nitrogen and oxygen atoms in total. The summed E-state index contributed by atoms with van der Waals surface area (Å²) in [4.78, 5) is 29.3. The van der Waals surface area contributed by atoms with Gasteiger partial charge in [-0.25, -0.2) is 0 Å². The lowest BCUT2D eigenvalue weighted by atomic mass is 10.0. The quantitative estimate of drug-likeness (QED) is 0.571. The molecule has 1 fully saturated rings. The zero-order valence-corrected chi connectivity index (χ0v) is 18.3. The molecule has 1 saturated heterocycles. The van der Waals surface area contributed by atoms with Crippen LogP contribution in [0, 0.1) is 0 Å². The monoisotopic (exact) mass is 450 g/mol. The number of thioether (sulfide) groups is 1. The van der Waals surface area contributed by atoms with Crippen LogP contribution in [0.2, 0.25) is 5.02 Å². The lowest BCUT2D eigenvalue weighted by Crippen LogP contribution is -2.49. The van der Waals surface area contributed by atoms with E-state index < -0.39 is 4.87 Å². The number of benzene rings is 3. The standard InChI is InChI=1S/C24H19ClN2O3S/c1-30-19-9-4-6-16(12-19)14-26-21-11-3-2-10-20(21)24(23(26)29)27(22(28)15-31-24)18-8-5-7-17(25)13-18/h2-13H,14-15H2,1H3/t24-/m1/s1. The van der Waals surface area contributed by atoms with Gasteiger partial charge in [0.25, 0.3) is 5.91 Å². The molecular weight excluding hydrogens is 432 g/mol. The maximum Gasteiger partial charge on any atom is 0.269 e. The van der Waals surface area contributed by atoms with Gasteiger partial charge in [0.05, 0.1) is 25.1 Å². The molecule has 1 atom stereocenters. The van der Waals surface area contributed by atoms with Crippen LogP contribution in [0.15, 0.2) is 72.8 Å². The van der Waals surface area contributed by atoms with Gasteiger partial charge in [-0.3, -0.25) is 14.5 Å². The van der Waals surface area contributed by atoms with Crippen molar-refractivity contribution >= 4 is 46.6 Å². The second kappa shape index (κ2) is 7.62. The van der Waals surface area contributed by atoms with E-state index in [0.29, 0.717) is 17.3 Å². The van der Waals surface area contributed by atoms with Crippen molar-refractivity contribution < 1.29 is 14.3 Å². The molecule has 0 unspecified atom stereocenters. The number of rotatable bonds is 4. The van der Waals surface area contributed by atoms with Crippen LogP contribution in [-0.4, -0.2) is 24.7 Å². The fourth-order valence-corrected chi connectivity index (χ4v) is 5.83. The summed E-state index contributed by atoms with van der Waals surface area (Å²) in [7, 11) is 1.62. The summed E-state index contributed by atoms with van der Waals surface area (Å²) < 4.78 is 5.34. The van der Waals surface area contributed by atoms with E-state index in [-0.39, 0.29) is 17.6 Å². The number of methoxy groups -OCH3 is 1. The summed E-state index contributed by atoms with van der Waals surface area (Å²) in [6, 6.07) is 22.4. The number of para-hydroxylation sites is 1. The largest absolute Gasteiger partial charge is 0.497 e. The third kappa shape index (κ3) is 3.09.